The van der Waals surface area contributed by atoms with Gasteiger partial charge >= 0.3 is 5.97 Å². The lowest BCUT2D eigenvalue weighted by atomic mass is 10.2. The fraction of sp³-hybridized carbons (Fsp3) is 0.571. The highest BCUT2D eigenvalue weighted by Crippen LogP contribution is 1.92. The van der Waals surface area contributed by atoms with Gasteiger partial charge in [0.25, 0.3) is 0 Å². The predicted molar refractivity (Wildman–Crippen MR) is 50.6 cm³/mol. The van der Waals surface area contributed by atoms with Crippen LogP contribution in [-0.2, 0) is 14.4 Å². The van der Waals surface area contributed by atoms with Gasteiger partial charge in [-0.25, -0.2) is 4.79 Å². The van der Waals surface area contributed by atoms with E-state index in [0.717, 1.165) is 0 Å². The summed E-state index contributed by atoms with van der Waals surface area (Å²) < 4.78 is 0. The van der Waals surface area contributed by atoms with E-state index in [1.165, 1.54) is 6.92 Å². The van der Waals surface area contributed by atoms with Gasteiger partial charge in [-0.1, -0.05) is 0 Å². The second-order valence-electron chi connectivity index (χ2n) is 2.86. The molecule has 0 aliphatic rings. The number of carbonyl (C=O) groups is 3. The highest BCUT2D eigenvalue weighted by Gasteiger charge is 2.23. The number of carbonyl (C=O) groups excluding carboxylic acids is 2. The average Bonchev–Trinajstić information content (AvgIpc) is 2.01. The molecule has 0 aliphatic carbocycles. The van der Waals surface area contributed by atoms with E-state index < -0.39 is 36.3 Å². The molecule has 0 aromatic carbocycles. The van der Waals surface area contributed by atoms with E-state index in [4.69, 9.17) is 16.6 Å². The SMILES string of the molecule is CC(N)C(=O)NC(CC(N)=O)C(=O)O.O. The van der Waals surface area contributed by atoms with E-state index in [1.54, 1.807) is 0 Å². The van der Waals surface area contributed by atoms with Crippen LogP contribution in [-0.4, -0.2) is 40.5 Å². The Bertz CT molecular complexity index is 253. The van der Waals surface area contributed by atoms with Crippen molar-refractivity contribution in [2.75, 3.05) is 0 Å². The van der Waals surface area contributed by atoms with Crippen molar-refractivity contribution in [3.8, 4) is 0 Å². The van der Waals surface area contributed by atoms with Gasteiger partial charge in [-0.15, -0.1) is 0 Å². The Kier molecular flexibility index (Phi) is 7.09. The van der Waals surface area contributed by atoms with Crippen LogP contribution >= 0.6 is 0 Å². The third-order valence-electron chi connectivity index (χ3n) is 1.43. The molecule has 0 saturated heterocycles. The number of primary amides is 1. The summed E-state index contributed by atoms with van der Waals surface area (Å²) in [5, 5.41) is 10.7. The molecule has 0 aromatic heterocycles. The van der Waals surface area contributed by atoms with Crippen LogP contribution in [0.1, 0.15) is 13.3 Å². The number of hydrogen-bond acceptors (Lipinski definition) is 4. The van der Waals surface area contributed by atoms with Gasteiger partial charge in [0.2, 0.25) is 11.8 Å². The van der Waals surface area contributed by atoms with Gasteiger partial charge in [0, 0.05) is 0 Å². The molecule has 0 fully saturated rings. The van der Waals surface area contributed by atoms with Crippen LogP contribution in [0.2, 0.25) is 0 Å². The van der Waals surface area contributed by atoms with Crippen molar-refractivity contribution in [3.05, 3.63) is 0 Å². The third kappa shape index (κ3) is 6.41. The van der Waals surface area contributed by atoms with Gasteiger partial charge in [0.15, 0.2) is 0 Å². The summed E-state index contributed by atoms with van der Waals surface area (Å²) in [6.45, 7) is 1.40. The van der Waals surface area contributed by atoms with Crippen molar-refractivity contribution >= 4 is 17.8 Å². The number of rotatable bonds is 5. The number of nitrogens with two attached hydrogens (primary N) is 2. The first-order chi connectivity index (χ1) is 6.34. The summed E-state index contributed by atoms with van der Waals surface area (Å²) in [5.74, 6) is -2.76. The Morgan fingerprint density at radius 1 is 1.40 bits per heavy atom. The fourth-order valence-electron chi connectivity index (χ4n) is 0.704. The maximum Gasteiger partial charge on any atom is 0.326 e. The standard InChI is InChI=1S/C7H13N3O4.H2O/c1-3(8)6(12)10-4(7(13)14)2-5(9)11;/h3-4H,2,8H2,1H3,(H2,9,11)(H,10,12)(H,13,14);1H2. The molecule has 15 heavy (non-hydrogen) atoms. The highest BCUT2D eigenvalue weighted by atomic mass is 16.4. The van der Waals surface area contributed by atoms with Gasteiger partial charge in [-0.2, -0.15) is 0 Å². The van der Waals surface area contributed by atoms with Gasteiger partial charge in [-0.05, 0) is 6.92 Å². The topological polar surface area (TPSA) is 167 Å². The van der Waals surface area contributed by atoms with E-state index in [9.17, 15) is 14.4 Å². The maximum absolute atomic E-state index is 11.0. The first-order valence-electron chi connectivity index (χ1n) is 3.91. The second-order valence-corrected chi connectivity index (χ2v) is 2.86. The Morgan fingerprint density at radius 2 is 1.87 bits per heavy atom. The number of amides is 2. The summed E-state index contributed by atoms with van der Waals surface area (Å²) >= 11 is 0. The van der Waals surface area contributed by atoms with Crippen molar-refractivity contribution < 1.29 is 25.0 Å². The van der Waals surface area contributed by atoms with E-state index >= 15 is 0 Å². The molecule has 0 saturated carbocycles. The monoisotopic (exact) mass is 221 g/mol. The lowest BCUT2D eigenvalue weighted by Crippen LogP contribution is -2.48. The normalized spacial score (nSPS) is 13.2. The van der Waals surface area contributed by atoms with E-state index in [2.05, 4.69) is 5.32 Å². The zero-order valence-electron chi connectivity index (χ0n) is 8.19. The molecule has 0 rings (SSSR count). The minimum Gasteiger partial charge on any atom is -0.480 e. The van der Waals surface area contributed by atoms with Crippen LogP contribution in [0.3, 0.4) is 0 Å². The molecule has 8 heteroatoms. The molecule has 2 atom stereocenters. The van der Waals surface area contributed by atoms with Crippen LogP contribution in [0, 0.1) is 0 Å². The number of carboxylic acids is 1. The van der Waals surface area contributed by atoms with Gasteiger partial charge in [0.05, 0.1) is 12.5 Å². The Balaban J connectivity index is 0. The van der Waals surface area contributed by atoms with Crippen molar-refractivity contribution in [1.29, 1.82) is 0 Å². The number of nitrogens with one attached hydrogen (secondary N) is 1. The fourth-order valence-corrected chi connectivity index (χ4v) is 0.704. The van der Waals surface area contributed by atoms with Crippen LogP contribution in [0.4, 0.5) is 0 Å². The first-order valence-corrected chi connectivity index (χ1v) is 3.91. The smallest absolute Gasteiger partial charge is 0.326 e. The van der Waals surface area contributed by atoms with Crippen molar-refractivity contribution in [1.82, 2.24) is 5.32 Å². The molecule has 0 radical (unpaired) electrons. The lowest BCUT2D eigenvalue weighted by Gasteiger charge is -2.14. The molecule has 0 spiro atoms. The van der Waals surface area contributed by atoms with Gasteiger partial charge in [-0.3, -0.25) is 9.59 Å². The van der Waals surface area contributed by atoms with Crippen LogP contribution in [0.5, 0.6) is 0 Å². The molecule has 0 aromatic rings. The summed E-state index contributed by atoms with van der Waals surface area (Å²) in [7, 11) is 0. The Hall–Kier alpha value is -1.67. The second kappa shape index (κ2) is 6.74. The number of hydrogen-bond donors (Lipinski definition) is 4. The molecule has 0 bridgehead atoms. The average molecular weight is 221 g/mol. The number of carboxylic acid groups (broad SMARTS) is 1. The maximum atomic E-state index is 11.0. The first kappa shape index (κ1) is 15.8. The molecule has 8 N–H and O–H groups in total. The summed E-state index contributed by atoms with van der Waals surface area (Å²) in [6.07, 6.45) is -0.451. The number of aliphatic carboxylic acids is 1. The predicted octanol–water partition coefficient (Wildman–Crippen LogP) is -3.05. The van der Waals surface area contributed by atoms with E-state index in [-0.39, 0.29) is 5.48 Å². The molecular weight excluding hydrogens is 206 g/mol. The molecule has 0 heterocycles. The van der Waals surface area contributed by atoms with Crippen molar-refractivity contribution in [3.63, 3.8) is 0 Å². The highest BCUT2D eigenvalue weighted by molar-refractivity contribution is 5.89. The van der Waals surface area contributed by atoms with Crippen LogP contribution < -0.4 is 16.8 Å². The summed E-state index contributed by atoms with van der Waals surface area (Å²) in [4.78, 5) is 32.0. The van der Waals surface area contributed by atoms with Crippen molar-refractivity contribution in [2.45, 2.75) is 25.4 Å². The largest absolute Gasteiger partial charge is 0.480 e. The van der Waals surface area contributed by atoms with E-state index in [0.29, 0.717) is 0 Å². The van der Waals surface area contributed by atoms with Crippen LogP contribution in [0.15, 0.2) is 0 Å². The van der Waals surface area contributed by atoms with Crippen molar-refractivity contribution in [2.24, 2.45) is 11.5 Å². The summed E-state index contributed by atoms with van der Waals surface area (Å²) in [6, 6.07) is -2.14. The zero-order valence-corrected chi connectivity index (χ0v) is 8.19. The molecular formula is C7H15N3O5. The Morgan fingerprint density at radius 3 is 2.13 bits per heavy atom. The summed E-state index contributed by atoms with van der Waals surface area (Å²) in [5.41, 5.74) is 9.99. The molecule has 2 amide bonds. The van der Waals surface area contributed by atoms with Crippen LogP contribution in [0.25, 0.3) is 0 Å². The third-order valence-corrected chi connectivity index (χ3v) is 1.43. The van der Waals surface area contributed by atoms with E-state index in [1.807, 2.05) is 0 Å². The lowest BCUT2D eigenvalue weighted by molar-refractivity contribution is -0.143. The Labute approximate surface area is 85.9 Å². The zero-order chi connectivity index (χ0) is 11.3. The molecule has 88 valence electrons. The quantitative estimate of drug-likeness (QED) is 0.386. The molecule has 8 nitrogen and oxygen atoms in total. The molecule has 2 unspecified atom stereocenters. The minimum absolute atomic E-state index is 0. The van der Waals surface area contributed by atoms with Gasteiger partial charge < -0.3 is 27.4 Å². The molecule has 0 aliphatic heterocycles. The van der Waals surface area contributed by atoms with Gasteiger partial charge in [0.1, 0.15) is 6.04 Å². The minimum atomic E-state index is -1.32.